The van der Waals surface area contributed by atoms with Crippen LogP contribution < -0.4 is 10.5 Å². The minimum absolute atomic E-state index is 0.0683. The first kappa shape index (κ1) is 25.9. The number of allylic oxidation sites excluding steroid dienone is 1. The smallest absolute Gasteiger partial charge is 0.331 e. The first-order valence-electron chi connectivity index (χ1n) is 13.0. The van der Waals surface area contributed by atoms with Crippen LogP contribution in [-0.4, -0.2) is 17.7 Å². The van der Waals surface area contributed by atoms with Gasteiger partial charge in [-0.3, -0.25) is 0 Å². The quantitative estimate of drug-likeness (QED) is 0.182. The van der Waals surface area contributed by atoms with Crippen LogP contribution in [0.2, 0.25) is 0 Å². The van der Waals surface area contributed by atoms with Crippen molar-refractivity contribution in [2.75, 3.05) is 12.3 Å². The molecule has 0 bridgehead atoms. The average Bonchev–Trinajstić information content (AvgIpc) is 2.81. The molecule has 3 N–H and O–H groups in total. The predicted octanol–water partition coefficient (Wildman–Crippen LogP) is 7.60. The molecule has 0 heterocycles. The lowest BCUT2D eigenvalue weighted by molar-refractivity contribution is -0.132. The molecule has 2 atom stereocenters. The number of carboxylic acids is 1. The topological polar surface area (TPSA) is 72.5 Å². The third kappa shape index (κ3) is 5.84. The Hall–Kier alpha value is -2.75. The molecule has 0 saturated carbocycles. The van der Waals surface area contributed by atoms with Gasteiger partial charge in [-0.05, 0) is 71.7 Å². The van der Waals surface area contributed by atoms with Crippen LogP contribution >= 0.6 is 0 Å². The molecule has 0 saturated heterocycles. The number of hydrogen-bond acceptors (Lipinski definition) is 3. The number of nitrogens with two attached hydrogens (primary N) is 1. The van der Waals surface area contributed by atoms with Crippen LogP contribution in [-0.2, 0) is 11.2 Å². The van der Waals surface area contributed by atoms with Crippen molar-refractivity contribution >= 4 is 17.2 Å². The Morgan fingerprint density at radius 1 is 1.03 bits per heavy atom. The summed E-state index contributed by atoms with van der Waals surface area (Å²) in [5.41, 5.74) is 13.0. The molecule has 0 spiro atoms. The number of fused-ring (bicyclic) bond motifs is 1. The van der Waals surface area contributed by atoms with Crippen molar-refractivity contribution in [3.63, 3.8) is 0 Å². The SMILES string of the molecule is CCCCCCCCOc1ccc(C2C(=C(C)C(=O)O)c3ccc(N)c(CC(C)CC)c32)cc1. The van der Waals surface area contributed by atoms with E-state index in [1.807, 2.05) is 24.3 Å². The third-order valence-electron chi connectivity index (χ3n) is 7.22. The molecule has 0 aromatic heterocycles. The Balaban J connectivity index is 1.81. The highest BCUT2D eigenvalue weighted by Gasteiger charge is 2.38. The van der Waals surface area contributed by atoms with Crippen molar-refractivity contribution in [2.24, 2.45) is 5.92 Å². The number of carbonyl (C=O) groups is 1. The molecule has 2 aromatic rings. The van der Waals surface area contributed by atoms with Gasteiger partial charge in [0.05, 0.1) is 6.61 Å². The van der Waals surface area contributed by atoms with Crippen molar-refractivity contribution in [2.45, 2.75) is 85.0 Å². The number of nitrogen functional groups attached to an aromatic ring is 1. The van der Waals surface area contributed by atoms with Gasteiger partial charge in [-0.1, -0.05) is 77.5 Å². The molecule has 0 fully saturated rings. The summed E-state index contributed by atoms with van der Waals surface area (Å²) in [5.74, 6) is 0.441. The fraction of sp³-hybridized carbons (Fsp3) is 0.500. The van der Waals surface area contributed by atoms with E-state index in [0.29, 0.717) is 11.5 Å². The lowest BCUT2D eigenvalue weighted by atomic mass is 9.65. The normalized spacial score (nSPS) is 17.0. The highest BCUT2D eigenvalue weighted by molar-refractivity contribution is 6.03. The predicted molar refractivity (Wildman–Crippen MR) is 141 cm³/mol. The average molecular weight is 464 g/mol. The van der Waals surface area contributed by atoms with Crippen molar-refractivity contribution in [1.29, 1.82) is 0 Å². The van der Waals surface area contributed by atoms with Gasteiger partial charge in [-0.2, -0.15) is 0 Å². The van der Waals surface area contributed by atoms with E-state index >= 15 is 0 Å². The molecular formula is C30H41NO3. The van der Waals surface area contributed by atoms with Crippen molar-refractivity contribution in [1.82, 2.24) is 0 Å². The molecule has 2 aromatic carbocycles. The summed E-state index contributed by atoms with van der Waals surface area (Å²) >= 11 is 0. The Labute approximate surface area is 205 Å². The van der Waals surface area contributed by atoms with Crippen LogP contribution in [0.15, 0.2) is 42.0 Å². The van der Waals surface area contributed by atoms with E-state index in [-0.39, 0.29) is 5.92 Å². The van der Waals surface area contributed by atoms with Gasteiger partial charge in [0.1, 0.15) is 5.75 Å². The number of carboxylic acid groups (broad SMARTS) is 1. The van der Waals surface area contributed by atoms with Crippen molar-refractivity contribution in [3.8, 4) is 5.75 Å². The standard InChI is InChI=1S/C30H41NO3/c1-5-7-8-9-10-11-18-34-23-14-12-22(13-15-23)28-27(21(4)30(32)33)24-16-17-26(31)25(29(24)28)19-20(3)6-2/h12-17,20,28H,5-11,18-19,31H2,1-4H3,(H,32,33). The molecule has 1 aliphatic rings. The van der Waals surface area contributed by atoms with Gasteiger partial charge < -0.3 is 15.6 Å². The Morgan fingerprint density at radius 2 is 1.71 bits per heavy atom. The number of unbranched alkanes of at least 4 members (excludes halogenated alkanes) is 5. The van der Waals surface area contributed by atoms with Gasteiger partial charge in [0, 0.05) is 17.2 Å². The second-order valence-corrected chi connectivity index (χ2v) is 9.77. The monoisotopic (exact) mass is 463 g/mol. The molecule has 2 unspecified atom stereocenters. The minimum Gasteiger partial charge on any atom is -0.494 e. The minimum atomic E-state index is -0.871. The third-order valence-corrected chi connectivity index (χ3v) is 7.22. The van der Waals surface area contributed by atoms with Gasteiger partial charge in [0.2, 0.25) is 0 Å². The Kier molecular flexibility index (Phi) is 9.20. The summed E-state index contributed by atoms with van der Waals surface area (Å²) in [5, 5.41) is 9.75. The number of benzene rings is 2. The summed E-state index contributed by atoms with van der Waals surface area (Å²) in [4.78, 5) is 11.9. The van der Waals surface area contributed by atoms with Gasteiger partial charge in [-0.25, -0.2) is 4.79 Å². The molecule has 184 valence electrons. The summed E-state index contributed by atoms with van der Waals surface area (Å²) in [7, 11) is 0. The van der Waals surface area contributed by atoms with Crippen LogP contribution in [0.1, 0.15) is 101 Å². The molecule has 0 aliphatic heterocycles. The van der Waals surface area contributed by atoms with Crippen molar-refractivity contribution in [3.05, 3.63) is 64.2 Å². The number of ether oxygens (including phenoxy) is 1. The molecular weight excluding hydrogens is 422 g/mol. The van der Waals surface area contributed by atoms with Crippen molar-refractivity contribution < 1.29 is 14.6 Å². The fourth-order valence-corrected chi connectivity index (χ4v) is 4.88. The molecule has 0 amide bonds. The van der Waals surface area contributed by atoms with E-state index in [1.54, 1.807) is 6.92 Å². The van der Waals surface area contributed by atoms with E-state index in [1.165, 1.54) is 43.2 Å². The highest BCUT2D eigenvalue weighted by Crippen LogP contribution is 2.54. The first-order chi connectivity index (χ1) is 16.4. The molecule has 4 heteroatoms. The van der Waals surface area contributed by atoms with Gasteiger partial charge in [0.25, 0.3) is 0 Å². The van der Waals surface area contributed by atoms with E-state index in [9.17, 15) is 9.90 Å². The number of anilines is 1. The zero-order valence-electron chi connectivity index (χ0n) is 21.3. The Bertz CT molecular complexity index is 1010. The maximum absolute atomic E-state index is 11.9. The largest absolute Gasteiger partial charge is 0.494 e. The number of aliphatic carboxylic acids is 1. The lowest BCUT2D eigenvalue weighted by Crippen LogP contribution is -2.24. The zero-order valence-corrected chi connectivity index (χ0v) is 21.3. The highest BCUT2D eigenvalue weighted by atomic mass is 16.5. The second-order valence-electron chi connectivity index (χ2n) is 9.77. The van der Waals surface area contributed by atoms with Crippen LogP contribution in [0.25, 0.3) is 5.57 Å². The Morgan fingerprint density at radius 3 is 2.35 bits per heavy atom. The molecule has 0 radical (unpaired) electrons. The molecule has 34 heavy (non-hydrogen) atoms. The van der Waals surface area contributed by atoms with Gasteiger partial charge in [-0.15, -0.1) is 0 Å². The van der Waals surface area contributed by atoms with Crippen LogP contribution in [0.4, 0.5) is 5.69 Å². The lowest BCUT2D eigenvalue weighted by Gasteiger charge is -2.38. The van der Waals surface area contributed by atoms with Gasteiger partial charge >= 0.3 is 5.97 Å². The summed E-state index contributed by atoms with van der Waals surface area (Å²) in [6.07, 6.45) is 9.43. The fourth-order valence-electron chi connectivity index (χ4n) is 4.88. The maximum Gasteiger partial charge on any atom is 0.331 e. The van der Waals surface area contributed by atoms with Crippen LogP contribution in [0, 0.1) is 5.92 Å². The maximum atomic E-state index is 11.9. The summed E-state index contributed by atoms with van der Waals surface area (Å²) in [6, 6.07) is 12.1. The van der Waals surface area contributed by atoms with Crippen LogP contribution in [0.5, 0.6) is 5.75 Å². The number of rotatable bonds is 13. The van der Waals surface area contributed by atoms with Crippen LogP contribution in [0.3, 0.4) is 0 Å². The van der Waals surface area contributed by atoms with Gasteiger partial charge in [0.15, 0.2) is 0 Å². The molecule has 4 nitrogen and oxygen atoms in total. The summed E-state index contributed by atoms with van der Waals surface area (Å²) in [6.45, 7) is 9.10. The second kappa shape index (κ2) is 12.1. The molecule has 3 rings (SSSR count). The van der Waals surface area contributed by atoms with E-state index in [0.717, 1.165) is 54.0 Å². The molecule has 1 aliphatic carbocycles. The first-order valence-corrected chi connectivity index (χ1v) is 13.0. The summed E-state index contributed by atoms with van der Waals surface area (Å²) < 4.78 is 5.96. The van der Waals surface area contributed by atoms with E-state index in [4.69, 9.17) is 10.5 Å². The number of hydrogen-bond donors (Lipinski definition) is 2. The van der Waals surface area contributed by atoms with E-state index < -0.39 is 5.97 Å². The van der Waals surface area contributed by atoms with E-state index in [2.05, 4.69) is 32.9 Å². The zero-order chi connectivity index (χ0) is 24.7.